The van der Waals surface area contributed by atoms with Crippen molar-refractivity contribution in [3.63, 3.8) is 0 Å². The van der Waals surface area contributed by atoms with Gasteiger partial charge >= 0.3 is 0 Å². The molecule has 2 aromatic carbocycles. The minimum absolute atomic E-state index is 0.0901. The summed E-state index contributed by atoms with van der Waals surface area (Å²) in [6.07, 6.45) is 0. The number of Topliss-reactive ketones (excluding diaryl/α,β-unsaturated/α-hetero) is 1. The SMILES string of the molecule is CC(=O)c1cccc(NC(=O)C(C)(C)C(=O)Nc2ccccc2C)c1. The molecule has 0 aliphatic rings. The van der Waals surface area contributed by atoms with Crippen molar-refractivity contribution >= 4 is 29.0 Å². The van der Waals surface area contributed by atoms with E-state index in [-0.39, 0.29) is 5.78 Å². The molecule has 0 radical (unpaired) electrons. The van der Waals surface area contributed by atoms with Gasteiger partial charge < -0.3 is 10.6 Å². The molecular weight excluding hydrogens is 316 g/mol. The quantitative estimate of drug-likeness (QED) is 0.643. The second-order valence-electron chi connectivity index (χ2n) is 6.49. The molecule has 5 nitrogen and oxygen atoms in total. The number of nitrogens with one attached hydrogen (secondary N) is 2. The van der Waals surface area contributed by atoms with Crippen molar-refractivity contribution in [3.8, 4) is 0 Å². The van der Waals surface area contributed by atoms with Gasteiger partial charge in [0.2, 0.25) is 11.8 Å². The summed E-state index contributed by atoms with van der Waals surface area (Å²) in [7, 11) is 0. The number of rotatable bonds is 5. The molecule has 0 aromatic heterocycles. The lowest BCUT2D eigenvalue weighted by molar-refractivity contribution is -0.135. The van der Waals surface area contributed by atoms with E-state index in [4.69, 9.17) is 0 Å². The predicted molar refractivity (Wildman–Crippen MR) is 98.7 cm³/mol. The number of carbonyl (C=O) groups is 3. The smallest absolute Gasteiger partial charge is 0.239 e. The number of anilines is 2. The third-order valence-electron chi connectivity index (χ3n) is 4.06. The largest absolute Gasteiger partial charge is 0.325 e. The van der Waals surface area contributed by atoms with E-state index in [9.17, 15) is 14.4 Å². The van der Waals surface area contributed by atoms with E-state index in [1.807, 2.05) is 25.1 Å². The Labute approximate surface area is 147 Å². The van der Waals surface area contributed by atoms with Gasteiger partial charge in [0.1, 0.15) is 5.41 Å². The molecule has 0 bridgehead atoms. The summed E-state index contributed by atoms with van der Waals surface area (Å²) in [5, 5.41) is 5.50. The molecule has 2 aromatic rings. The van der Waals surface area contributed by atoms with Crippen LogP contribution in [0.15, 0.2) is 48.5 Å². The molecule has 2 rings (SSSR count). The maximum atomic E-state index is 12.6. The normalized spacial score (nSPS) is 10.9. The lowest BCUT2D eigenvalue weighted by Crippen LogP contribution is -2.41. The van der Waals surface area contributed by atoms with Crippen LogP contribution in [0, 0.1) is 12.3 Å². The first-order chi connectivity index (χ1) is 11.7. The van der Waals surface area contributed by atoms with E-state index >= 15 is 0 Å². The van der Waals surface area contributed by atoms with Crippen molar-refractivity contribution in [2.75, 3.05) is 10.6 Å². The van der Waals surface area contributed by atoms with Gasteiger partial charge in [0.25, 0.3) is 0 Å². The lowest BCUT2D eigenvalue weighted by atomic mass is 9.90. The van der Waals surface area contributed by atoms with Gasteiger partial charge in [-0.3, -0.25) is 14.4 Å². The highest BCUT2D eigenvalue weighted by Crippen LogP contribution is 2.23. The van der Waals surface area contributed by atoms with Crippen LogP contribution in [0.1, 0.15) is 36.7 Å². The molecule has 0 unspecified atom stereocenters. The topological polar surface area (TPSA) is 75.3 Å². The average Bonchev–Trinajstić information content (AvgIpc) is 2.57. The summed E-state index contributed by atoms with van der Waals surface area (Å²) in [5.74, 6) is -0.936. The van der Waals surface area contributed by atoms with Crippen LogP contribution in [-0.4, -0.2) is 17.6 Å². The first-order valence-electron chi connectivity index (χ1n) is 8.01. The standard InChI is InChI=1S/C20H22N2O3/c1-13-8-5-6-11-17(13)22-19(25)20(3,4)18(24)21-16-10-7-9-15(12-16)14(2)23/h5-12H,1-4H3,(H,21,24)(H,22,25). The molecule has 0 saturated heterocycles. The number of hydrogen-bond donors (Lipinski definition) is 2. The minimum atomic E-state index is -1.28. The Balaban J connectivity index is 2.14. The fourth-order valence-electron chi connectivity index (χ4n) is 2.20. The van der Waals surface area contributed by atoms with Crippen LogP contribution < -0.4 is 10.6 Å². The van der Waals surface area contributed by atoms with E-state index < -0.39 is 17.2 Å². The van der Waals surface area contributed by atoms with E-state index in [0.29, 0.717) is 16.9 Å². The summed E-state index contributed by atoms with van der Waals surface area (Å²) >= 11 is 0. The monoisotopic (exact) mass is 338 g/mol. The summed E-state index contributed by atoms with van der Waals surface area (Å²) in [6, 6.07) is 14.0. The molecule has 0 spiro atoms. The number of hydrogen-bond acceptors (Lipinski definition) is 3. The molecule has 5 heteroatoms. The number of amides is 2. The van der Waals surface area contributed by atoms with Gasteiger partial charge in [-0.05, 0) is 51.5 Å². The van der Waals surface area contributed by atoms with Crippen molar-refractivity contribution in [2.45, 2.75) is 27.7 Å². The fourth-order valence-corrected chi connectivity index (χ4v) is 2.20. The fraction of sp³-hybridized carbons (Fsp3) is 0.250. The third-order valence-corrected chi connectivity index (χ3v) is 4.06. The number of ketones is 1. The molecule has 0 heterocycles. The van der Waals surface area contributed by atoms with Gasteiger partial charge in [0.15, 0.2) is 5.78 Å². The highest BCUT2D eigenvalue weighted by Gasteiger charge is 2.36. The molecule has 0 atom stereocenters. The van der Waals surface area contributed by atoms with Gasteiger partial charge in [0, 0.05) is 16.9 Å². The highest BCUT2D eigenvalue weighted by molar-refractivity contribution is 6.14. The summed E-state index contributed by atoms with van der Waals surface area (Å²) in [5.41, 5.74) is 1.29. The maximum absolute atomic E-state index is 12.6. The second-order valence-corrected chi connectivity index (χ2v) is 6.49. The minimum Gasteiger partial charge on any atom is -0.325 e. The highest BCUT2D eigenvalue weighted by atomic mass is 16.2. The lowest BCUT2D eigenvalue weighted by Gasteiger charge is -2.23. The first kappa shape index (κ1) is 18.4. The third kappa shape index (κ3) is 4.32. The Morgan fingerprint density at radius 3 is 2.16 bits per heavy atom. The molecular formula is C20H22N2O3. The number of carbonyl (C=O) groups excluding carboxylic acids is 3. The molecule has 0 fully saturated rings. The molecule has 0 saturated carbocycles. The average molecular weight is 338 g/mol. The van der Waals surface area contributed by atoms with Crippen molar-refractivity contribution in [3.05, 3.63) is 59.7 Å². The number of benzene rings is 2. The Morgan fingerprint density at radius 2 is 1.52 bits per heavy atom. The van der Waals surface area contributed by atoms with Crippen LogP contribution >= 0.6 is 0 Å². The number of para-hydroxylation sites is 1. The molecule has 130 valence electrons. The predicted octanol–water partition coefficient (Wildman–Crippen LogP) is 3.80. The van der Waals surface area contributed by atoms with E-state index in [1.54, 1.807) is 44.2 Å². The Hall–Kier alpha value is -2.95. The zero-order valence-electron chi connectivity index (χ0n) is 14.8. The van der Waals surface area contributed by atoms with Crippen LogP contribution in [0.2, 0.25) is 0 Å². The molecule has 0 aliphatic carbocycles. The van der Waals surface area contributed by atoms with Crippen LogP contribution in [0.3, 0.4) is 0 Å². The second kappa shape index (κ2) is 7.30. The van der Waals surface area contributed by atoms with Crippen LogP contribution in [0.25, 0.3) is 0 Å². The Kier molecular flexibility index (Phi) is 5.37. The van der Waals surface area contributed by atoms with Crippen molar-refractivity contribution in [2.24, 2.45) is 5.41 Å². The zero-order chi connectivity index (χ0) is 18.6. The van der Waals surface area contributed by atoms with Crippen LogP contribution in [-0.2, 0) is 9.59 Å². The van der Waals surface area contributed by atoms with Crippen LogP contribution in [0.4, 0.5) is 11.4 Å². The zero-order valence-corrected chi connectivity index (χ0v) is 14.8. The van der Waals surface area contributed by atoms with Crippen molar-refractivity contribution in [1.29, 1.82) is 0 Å². The Morgan fingerprint density at radius 1 is 0.880 bits per heavy atom. The maximum Gasteiger partial charge on any atom is 0.239 e. The van der Waals surface area contributed by atoms with E-state index in [1.165, 1.54) is 6.92 Å². The summed E-state index contributed by atoms with van der Waals surface area (Å²) in [6.45, 7) is 6.46. The van der Waals surface area contributed by atoms with Gasteiger partial charge in [-0.15, -0.1) is 0 Å². The van der Waals surface area contributed by atoms with Crippen molar-refractivity contribution in [1.82, 2.24) is 0 Å². The molecule has 0 aliphatic heterocycles. The molecule has 25 heavy (non-hydrogen) atoms. The van der Waals surface area contributed by atoms with Gasteiger partial charge in [0.05, 0.1) is 0 Å². The summed E-state index contributed by atoms with van der Waals surface area (Å²) < 4.78 is 0. The van der Waals surface area contributed by atoms with Gasteiger partial charge in [-0.25, -0.2) is 0 Å². The first-order valence-corrected chi connectivity index (χ1v) is 8.01. The van der Waals surface area contributed by atoms with Gasteiger partial charge in [-0.2, -0.15) is 0 Å². The summed E-state index contributed by atoms with van der Waals surface area (Å²) in [4.78, 5) is 36.6. The van der Waals surface area contributed by atoms with Gasteiger partial charge in [-0.1, -0.05) is 30.3 Å². The van der Waals surface area contributed by atoms with E-state index in [0.717, 1.165) is 5.56 Å². The number of aryl methyl sites for hydroxylation is 1. The Bertz CT molecular complexity index is 825. The molecule has 2 N–H and O–H groups in total. The molecule has 2 amide bonds. The van der Waals surface area contributed by atoms with E-state index in [2.05, 4.69) is 10.6 Å². The van der Waals surface area contributed by atoms with Crippen molar-refractivity contribution < 1.29 is 14.4 Å². The van der Waals surface area contributed by atoms with Crippen LogP contribution in [0.5, 0.6) is 0 Å².